The standard InChI is InChI=1S/C20H29NO4S/c1-13(20-10-14-6-15(11-20)8-16(7-14)12-20)21-26(22,23)17-4-5-18(24-2)19(9-17)25-3/h4-5,9,13-16,21H,6-8,10-12H2,1-3H3. The second kappa shape index (κ2) is 6.41. The van der Waals surface area contributed by atoms with Gasteiger partial charge in [-0.3, -0.25) is 0 Å². The largest absolute Gasteiger partial charge is 0.493 e. The quantitative estimate of drug-likeness (QED) is 0.820. The molecule has 4 aliphatic rings. The molecule has 4 aliphatic carbocycles. The van der Waals surface area contributed by atoms with E-state index in [1.807, 2.05) is 0 Å². The van der Waals surface area contributed by atoms with Crippen molar-refractivity contribution in [2.75, 3.05) is 14.2 Å². The molecule has 1 aromatic carbocycles. The van der Waals surface area contributed by atoms with Crippen LogP contribution in [-0.4, -0.2) is 28.7 Å². The lowest BCUT2D eigenvalue weighted by Crippen LogP contribution is -2.55. The van der Waals surface area contributed by atoms with Gasteiger partial charge in [0.1, 0.15) is 0 Å². The van der Waals surface area contributed by atoms with Gasteiger partial charge in [-0.05, 0) is 80.8 Å². The predicted molar refractivity (Wildman–Crippen MR) is 99.9 cm³/mol. The van der Waals surface area contributed by atoms with Crippen LogP contribution in [0.15, 0.2) is 23.1 Å². The Balaban J connectivity index is 1.56. The smallest absolute Gasteiger partial charge is 0.240 e. The van der Waals surface area contributed by atoms with Crippen LogP contribution in [0.1, 0.15) is 45.4 Å². The van der Waals surface area contributed by atoms with E-state index in [0.29, 0.717) is 11.5 Å². The van der Waals surface area contributed by atoms with Gasteiger partial charge in [0, 0.05) is 12.1 Å². The van der Waals surface area contributed by atoms with Crippen molar-refractivity contribution in [1.29, 1.82) is 0 Å². The summed E-state index contributed by atoms with van der Waals surface area (Å²) in [6.07, 6.45) is 7.59. The van der Waals surface area contributed by atoms with Crippen LogP contribution in [0.2, 0.25) is 0 Å². The second-order valence-electron chi connectivity index (χ2n) is 8.64. The fraction of sp³-hybridized carbons (Fsp3) is 0.700. The molecule has 0 radical (unpaired) electrons. The van der Waals surface area contributed by atoms with Gasteiger partial charge in [-0.15, -0.1) is 0 Å². The Morgan fingerprint density at radius 3 is 2.04 bits per heavy atom. The monoisotopic (exact) mass is 379 g/mol. The molecule has 0 aromatic heterocycles. The maximum atomic E-state index is 13.0. The Morgan fingerprint density at radius 2 is 1.54 bits per heavy atom. The van der Waals surface area contributed by atoms with Crippen LogP contribution in [0, 0.1) is 23.2 Å². The molecule has 6 heteroatoms. The Bertz CT molecular complexity index is 754. The van der Waals surface area contributed by atoms with Gasteiger partial charge >= 0.3 is 0 Å². The third kappa shape index (κ3) is 3.01. The highest BCUT2D eigenvalue weighted by Crippen LogP contribution is 2.61. The van der Waals surface area contributed by atoms with Crippen molar-refractivity contribution in [2.24, 2.45) is 23.2 Å². The van der Waals surface area contributed by atoms with Crippen molar-refractivity contribution in [2.45, 2.75) is 56.4 Å². The Morgan fingerprint density at radius 1 is 1.00 bits per heavy atom. The summed E-state index contributed by atoms with van der Waals surface area (Å²) >= 11 is 0. The highest BCUT2D eigenvalue weighted by molar-refractivity contribution is 7.89. The molecule has 4 saturated carbocycles. The van der Waals surface area contributed by atoms with E-state index in [2.05, 4.69) is 11.6 Å². The van der Waals surface area contributed by atoms with E-state index >= 15 is 0 Å². The van der Waals surface area contributed by atoms with Gasteiger partial charge in [0.25, 0.3) is 0 Å². The fourth-order valence-corrected chi connectivity index (χ4v) is 7.48. The van der Waals surface area contributed by atoms with E-state index < -0.39 is 10.0 Å². The van der Waals surface area contributed by atoms with Crippen LogP contribution in [0.5, 0.6) is 11.5 Å². The Kier molecular flexibility index (Phi) is 4.47. The first kappa shape index (κ1) is 18.1. The average molecular weight is 380 g/mol. The van der Waals surface area contributed by atoms with E-state index in [9.17, 15) is 8.42 Å². The van der Waals surface area contributed by atoms with Gasteiger partial charge < -0.3 is 9.47 Å². The van der Waals surface area contributed by atoms with Crippen LogP contribution in [0.25, 0.3) is 0 Å². The third-order valence-corrected chi connectivity index (χ3v) is 8.54. The molecule has 26 heavy (non-hydrogen) atoms. The molecule has 1 N–H and O–H groups in total. The lowest BCUT2D eigenvalue weighted by atomic mass is 9.48. The molecule has 0 aliphatic heterocycles. The summed E-state index contributed by atoms with van der Waals surface area (Å²) in [6.45, 7) is 2.06. The molecule has 0 amide bonds. The van der Waals surface area contributed by atoms with Crippen molar-refractivity contribution >= 4 is 10.0 Å². The second-order valence-corrected chi connectivity index (χ2v) is 10.4. The minimum atomic E-state index is -3.60. The van der Waals surface area contributed by atoms with Crippen molar-refractivity contribution in [3.63, 3.8) is 0 Å². The van der Waals surface area contributed by atoms with Crippen LogP contribution in [0.4, 0.5) is 0 Å². The van der Waals surface area contributed by atoms with E-state index in [-0.39, 0.29) is 16.4 Å². The average Bonchev–Trinajstić information content (AvgIpc) is 2.59. The molecule has 4 bridgehead atoms. The molecule has 4 fully saturated rings. The molecule has 5 nitrogen and oxygen atoms in total. The zero-order valence-corrected chi connectivity index (χ0v) is 16.6. The molecule has 1 unspecified atom stereocenters. The molecule has 0 saturated heterocycles. The van der Waals surface area contributed by atoms with Crippen LogP contribution < -0.4 is 14.2 Å². The molecule has 144 valence electrons. The van der Waals surface area contributed by atoms with Crippen molar-refractivity contribution in [3.05, 3.63) is 18.2 Å². The van der Waals surface area contributed by atoms with E-state index in [1.54, 1.807) is 19.2 Å². The third-order valence-electron chi connectivity index (χ3n) is 7.00. The highest BCUT2D eigenvalue weighted by Gasteiger charge is 2.53. The van der Waals surface area contributed by atoms with E-state index in [0.717, 1.165) is 17.8 Å². The SMILES string of the molecule is COc1ccc(S(=O)(=O)NC(C)C23CC4CC(CC(C4)C2)C3)cc1OC. The number of hydrogen-bond donors (Lipinski definition) is 1. The van der Waals surface area contributed by atoms with E-state index in [4.69, 9.17) is 9.47 Å². The van der Waals surface area contributed by atoms with E-state index in [1.165, 1.54) is 51.7 Å². The summed E-state index contributed by atoms with van der Waals surface area (Å²) in [5, 5.41) is 0. The zero-order valence-electron chi connectivity index (χ0n) is 15.8. The number of ether oxygens (including phenoxy) is 2. The van der Waals surface area contributed by atoms with Gasteiger partial charge in [0.2, 0.25) is 10.0 Å². The number of nitrogens with one attached hydrogen (secondary N) is 1. The van der Waals surface area contributed by atoms with Gasteiger partial charge in [-0.25, -0.2) is 13.1 Å². The number of rotatable bonds is 6. The topological polar surface area (TPSA) is 64.6 Å². The summed E-state index contributed by atoms with van der Waals surface area (Å²) in [5.74, 6) is 3.36. The van der Waals surface area contributed by atoms with Gasteiger partial charge in [-0.1, -0.05) is 0 Å². The summed E-state index contributed by atoms with van der Waals surface area (Å²) in [7, 11) is -0.542. The van der Waals surface area contributed by atoms with Crippen LogP contribution in [0.3, 0.4) is 0 Å². The Hall–Kier alpha value is -1.27. The normalized spacial score (nSPS) is 33.9. The number of methoxy groups -OCH3 is 2. The summed E-state index contributed by atoms with van der Waals surface area (Å²) < 4.78 is 39.5. The summed E-state index contributed by atoms with van der Waals surface area (Å²) in [5.41, 5.74) is 0.137. The summed E-state index contributed by atoms with van der Waals surface area (Å²) in [4.78, 5) is 0.228. The van der Waals surface area contributed by atoms with Crippen LogP contribution in [-0.2, 0) is 10.0 Å². The minimum Gasteiger partial charge on any atom is -0.493 e. The molecule has 0 heterocycles. The lowest BCUT2D eigenvalue weighted by Gasteiger charge is -2.59. The summed E-state index contributed by atoms with van der Waals surface area (Å²) in [6, 6.07) is 4.71. The molecular formula is C20H29NO4S. The number of benzene rings is 1. The first-order valence-corrected chi connectivity index (χ1v) is 11.1. The Labute approximate surface area is 156 Å². The molecule has 5 rings (SSSR count). The maximum absolute atomic E-state index is 13.0. The first-order valence-electron chi connectivity index (χ1n) is 9.59. The van der Waals surface area contributed by atoms with Crippen molar-refractivity contribution in [1.82, 2.24) is 4.72 Å². The van der Waals surface area contributed by atoms with Gasteiger partial charge in [0.05, 0.1) is 19.1 Å². The zero-order chi connectivity index (χ0) is 18.5. The maximum Gasteiger partial charge on any atom is 0.240 e. The highest BCUT2D eigenvalue weighted by atomic mass is 32.2. The lowest BCUT2D eigenvalue weighted by molar-refractivity contribution is -0.0666. The molecule has 0 spiro atoms. The number of sulfonamides is 1. The molecule has 1 atom stereocenters. The van der Waals surface area contributed by atoms with Crippen molar-refractivity contribution in [3.8, 4) is 11.5 Å². The van der Waals surface area contributed by atoms with Crippen LogP contribution >= 0.6 is 0 Å². The molecular weight excluding hydrogens is 350 g/mol. The minimum absolute atomic E-state index is 0.0472. The molecule has 1 aromatic rings. The number of hydrogen-bond acceptors (Lipinski definition) is 4. The van der Waals surface area contributed by atoms with Gasteiger partial charge in [0.15, 0.2) is 11.5 Å². The van der Waals surface area contributed by atoms with Crippen molar-refractivity contribution < 1.29 is 17.9 Å². The predicted octanol–water partition coefficient (Wildman–Crippen LogP) is 3.59. The first-order chi connectivity index (χ1) is 12.3. The van der Waals surface area contributed by atoms with Gasteiger partial charge in [-0.2, -0.15) is 0 Å². The fourth-order valence-electron chi connectivity index (χ4n) is 6.12.